The Balaban J connectivity index is 2.24. The molecule has 27 heavy (non-hydrogen) atoms. The number of hydrogen-bond acceptors (Lipinski definition) is 4. The minimum Gasteiger partial charge on any atom is -0.411 e. The van der Waals surface area contributed by atoms with Gasteiger partial charge in [-0.25, -0.2) is 0 Å². The molecule has 4 heteroatoms. The first-order valence-electron chi connectivity index (χ1n) is 10.0. The van der Waals surface area contributed by atoms with Crippen molar-refractivity contribution in [2.45, 2.75) is 58.0 Å². The van der Waals surface area contributed by atoms with Crippen molar-refractivity contribution in [3.05, 3.63) is 59.2 Å². The van der Waals surface area contributed by atoms with E-state index < -0.39 is 5.54 Å². The molecular weight excluding hydrogens is 334 g/mol. The van der Waals surface area contributed by atoms with Gasteiger partial charge in [0.15, 0.2) is 0 Å². The standard InChI is InChI=1S/C23H31N3O/c1-4-6-14-25-23(22(24)9-5-2)20-11-8-7-10-18(20)19-13-12-17(15-21(19)23)16(3)26-27/h7-8,10-13,15,22,25,27H,4-6,9,14,24H2,1-3H3/b26-16+. The summed E-state index contributed by atoms with van der Waals surface area (Å²) in [4.78, 5) is 0. The van der Waals surface area contributed by atoms with Crippen LogP contribution in [-0.4, -0.2) is 23.5 Å². The van der Waals surface area contributed by atoms with Crippen LogP contribution in [0.3, 0.4) is 0 Å². The van der Waals surface area contributed by atoms with Crippen LogP contribution < -0.4 is 11.1 Å². The minimum absolute atomic E-state index is 0.0385. The molecule has 2 aromatic carbocycles. The lowest BCUT2D eigenvalue weighted by atomic mass is 9.78. The molecule has 3 rings (SSSR count). The van der Waals surface area contributed by atoms with Gasteiger partial charge in [-0.2, -0.15) is 0 Å². The fraction of sp³-hybridized carbons (Fsp3) is 0.435. The molecule has 4 N–H and O–H groups in total. The van der Waals surface area contributed by atoms with Crippen LogP contribution in [0.1, 0.15) is 63.1 Å². The Morgan fingerprint density at radius 2 is 1.85 bits per heavy atom. The van der Waals surface area contributed by atoms with E-state index in [4.69, 9.17) is 5.73 Å². The lowest BCUT2D eigenvalue weighted by Crippen LogP contribution is -2.55. The molecular formula is C23H31N3O. The number of rotatable bonds is 8. The molecule has 0 aromatic heterocycles. The second-order valence-corrected chi connectivity index (χ2v) is 7.47. The molecule has 0 aliphatic heterocycles. The van der Waals surface area contributed by atoms with Gasteiger partial charge in [0.05, 0.1) is 11.3 Å². The second kappa shape index (κ2) is 8.24. The molecule has 2 atom stereocenters. The highest BCUT2D eigenvalue weighted by atomic mass is 16.4. The average Bonchev–Trinajstić information content (AvgIpc) is 2.98. The van der Waals surface area contributed by atoms with Crippen molar-refractivity contribution >= 4 is 5.71 Å². The van der Waals surface area contributed by atoms with Gasteiger partial charge in [-0.15, -0.1) is 0 Å². The smallest absolute Gasteiger partial charge is 0.0856 e. The predicted molar refractivity (Wildman–Crippen MR) is 112 cm³/mol. The molecule has 2 aromatic rings. The van der Waals surface area contributed by atoms with E-state index in [9.17, 15) is 5.21 Å². The van der Waals surface area contributed by atoms with Crippen LogP contribution in [0.5, 0.6) is 0 Å². The molecule has 144 valence electrons. The van der Waals surface area contributed by atoms with Gasteiger partial charge in [-0.05, 0) is 60.2 Å². The van der Waals surface area contributed by atoms with E-state index in [1.165, 1.54) is 22.3 Å². The summed E-state index contributed by atoms with van der Waals surface area (Å²) in [5.41, 5.74) is 12.9. The summed E-state index contributed by atoms with van der Waals surface area (Å²) in [5, 5.41) is 16.5. The molecule has 0 saturated heterocycles. The summed E-state index contributed by atoms with van der Waals surface area (Å²) in [7, 11) is 0. The van der Waals surface area contributed by atoms with Crippen LogP contribution in [-0.2, 0) is 5.54 Å². The molecule has 1 aliphatic rings. The number of unbranched alkanes of at least 4 members (excludes halogenated alkanes) is 1. The molecule has 4 nitrogen and oxygen atoms in total. The van der Waals surface area contributed by atoms with E-state index in [1.54, 1.807) is 0 Å². The maximum absolute atomic E-state index is 9.25. The summed E-state index contributed by atoms with van der Waals surface area (Å²) in [5.74, 6) is 0. The maximum Gasteiger partial charge on any atom is 0.0856 e. The zero-order valence-electron chi connectivity index (χ0n) is 16.6. The van der Waals surface area contributed by atoms with Crippen LogP contribution in [0.25, 0.3) is 11.1 Å². The highest BCUT2D eigenvalue weighted by Gasteiger charge is 2.46. The Kier molecular flexibility index (Phi) is 5.98. The van der Waals surface area contributed by atoms with Crippen molar-refractivity contribution in [1.29, 1.82) is 0 Å². The van der Waals surface area contributed by atoms with Crippen LogP contribution in [0.2, 0.25) is 0 Å². The Hall–Kier alpha value is -2.17. The monoisotopic (exact) mass is 365 g/mol. The molecule has 0 saturated carbocycles. The molecule has 0 radical (unpaired) electrons. The van der Waals surface area contributed by atoms with Gasteiger partial charge >= 0.3 is 0 Å². The van der Waals surface area contributed by atoms with Gasteiger partial charge in [0, 0.05) is 6.04 Å². The molecule has 0 heterocycles. The fourth-order valence-corrected chi connectivity index (χ4v) is 4.31. The highest BCUT2D eigenvalue weighted by molar-refractivity contribution is 5.99. The van der Waals surface area contributed by atoms with Crippen LogP contribution >= 0.6 is 0 Å². The van der Waals surface area contributed by atoms with E-state index in [2.05, 4.69) is 60.7 Å². The van der Waals surface area contributed by atoms with Gasteiger partial charge < -0.3 is 16.3 Å². The van der Waals surface area contributed by atoms with Crippen molar-refractivity contribution < 1.29 is 5.21 Å². The second-order valence-electron chi connectivity index (χ2n) is 7.47. The van der Waals surface area contributed by atoms with E-state index in [0.717, 1.165) is 37.8 Å². The topological polar surface area (TPSA) is 70.6 Å². The first-order valence-corrected chi connectivity index (χ1v) is 10.0. The number of hydrogen-bond donors (Lipinski definition) is 3. The Morgan fingerprint density at radius 1 is 1.11 bits per heavy atom. The molecule has 1 aliphatic carbocycles. The number of oxime groups is 1. The Bertz CT molecular complexity index is 830. The summed E-state index contributed by atoms with van der Waals surface area (Å²) in [6.45, 7) is 7.12. The zero-order chi connectivity index (χ0) is 19.4. The average molecular weight is 366 g/mol. The number of nitrogens with zero attached hydrogens (tertiary/aromatic N) is 1. The highest BCUT2D eigenvalue weighted by Crippen LogP contribution is 2.49. The molecule has 0 bridgehead atoms. The number of benzene rings is 2. The first-order chi connectivity index (χ1) is 13.1. The Morgan fingerprint density at radius 3 is 2.56 bits per heavy atom. The largest absolute Gasteiger partial charge is 0.411 e. The lowest BCUT2D eigenvalue weighted by Gasteiger charge is -2.39. The first kappa shape index (κ1) is 19.6. The van der Waals surface area contributed by atoms with Crippen molar-refractivity contribution in [2.24, 2.45) is 10.9 Å². The van der Waals surface area contributed by atoms with Crippen LogP contribution in [0.15, 0.2) is 47.6 Å². The van der Waals surface area contributed by atoms with Crippen LogP contribution in [0, 0.1) is 0 Å². The third kappa shape index (κ3) is 3.28. The normalized spacial score (nSPS) is 19.6. The summed E-state index contributed by atoms with van der Waals surface area (Å²) < 4.78 is 0. The van der Waals surface area contributed by atoms with E-state index in [-0.39, 0.29) is 6.04 Å². The third-order valence-electron chi connectivity index (χ3n) is 5.74. The van der Waals surface area contributed by atoms with E-state index in [1.807, 2.05) is 13.0 Å². The molecule has 0 fully saturated rings. The minimum atomic E-state index is -0.414. The summed E-state index contributed by atoms with van der Waals surface area (Å²) >= 11 is 0. The number of nitrogens with two attached hydrogens (primary N) is 1. The van der Waals surface area contributed by atoms with Crippen molar-refractivity contribution in [1.82, 2.24) is 5.32 Å². The molecule has 2 unspecified atom stereocenters. The van der Waals surface area contributed by atoms with Crippen LogP contribution in [0.4, 0.5) is 0 Å². The van der Waals surface area contributed by atoms with E-state index in [0.29, 0.717) is 5.71 Å². The summed E-state index contributed by atoms with van der Waals surface area (Å²) in [6, 6.07) is 14.9. The maximum atomic E-state index is 9.25. The van der Waals surface area contributed by atoms with Gasteiger partial charge in [-0.1, -0.05) is 68.2 Å². The number of fused-ring (bicyclic) bond motifs is 3. The lowest BCUT2D eigenvalue weighted by molar-refractivity contribution is 0.316. The Labute approximate surface area is 162 Å². The van der Waals surface area contributed by atoms with Crippen molar-refractivity contribution in [3.63, 3.8) is 0 Å². The quantitative estimate of drug-likeness (QED) is 0.276. The van der Waals surface area contributed by atoms with Gasteiger partial charge in [-0.3, -0.25) is 0 Å². The van der Waals surface area contributed by atoms with Gasteiger partial charge in [0.25, 0.3) is 0 Å². The number of nitrogens with one attached hydrogen (secondary N) is 1. The summed E-state index contributed by atoms with van der Waals surface area (Å²) in [6.07, 6.45) is 4.21. The van der Waals surface area contributed by atoms with Gasteiger partial charge in [0.1, 0.15) is 0 Å². The fourth-order valence-electron chi connectivity index (χ4n) is 4.31. The third-order valence-corrected chi connectivity index (χ3v) is 5.74. The van der Waals surface area contributed by atoms with E-state index >= 15 is 0 Å². The molecule has 0 amide bonds. The zero-order valence-corrected chi connectivity index (χ0v) is 16.6. The van der Waals surface area contributed by atoms with Crippen molar-refractivity contribution in [3.8, 4) is 11.1 Å². The molecule has 0 spiro atoms. The van der Waals surface area contributed by atoms with Crippen molar-refractivity contribution in [2.75, 3.05) is 6.54 Å². The predicted octanol–water partition coefficient (Wildman–Crippen LogP) is 4.63. The van der Waals surface area contributed by atoms with Gasteiger partial charge in [0.2, 0.25) is 0 Å². The SMILES string of the molecule is CCCCNC1(C(N)CCC)c2ccccc2-c2ccc(/C(C)=N/O)cc21.